The number of fused-ring (bicyclic) bond motifs is 1. The zero-order chi connectivity index (χ0) is 18.2. The van der Waals surface area contributed by atoms with Crippen molar-refractivity contribution in [1.82, 2.24) is 4.90 Å². The van der Waals surface area contributed by atoms with E-state index in [-0.39, 0.29) is 12.7 Å². The normalized spacial score (nSPS) is 19.6. The van der Waals surface area contributed by atoms with Gasteiger partial charge in [-0.15, -0.1) is 0 Å². The molecule has 4 heteroatoms. The van der Waals surface area contributed by atoms with Gasteiger partial charge in [-0.25, -0.2) is 0 Å². The predicted octanol–water partition coefficient (Wildman–Crippen LogP) is 4.95. The summed E-state index contributed by atoms with van der Waals surface area (Å²) >= 11 is 0. The second-order valence-corrected chi connectivity index (χ2v) is 7.01. The number of hydrogen-bond donors (Lipinski definition) is 0. The molecule has 140 valence electrons. The Kier molecular flexibility index (Phi) is 6.75. The topological polar surface area (TPSA) is 38.8 Å². The summed E-state index contributed by atoms with van der Waals surface area (Å²) in [7, 11) is 0. The molecule has 2 aliphatic rings. The van der Waals surface area contributed by atoms with Crippen LogP contribution < -0.4 is 9.47 Å². The van der Waals surface area contributed by atoms with Gasteiger partial charge in [0.2, 0.25) is 12.7 Å². The maximum absolute atomic E-state index is 12.6. The van der Waals surface area contributed by atoms with Crippen LogP contribution in [0.1, 0.15) is 57.4 Å². The summed E-state index contributed by atoms with van der Waals surface area (Å²) in [6, 6.07) is 6.26. The van der Waals surface area contributed by atoms with Crippen molar-refractivity contribution in [3.63, 3.8) is 0 Å². The minimum absolute atomic E-state index is 0.140. The van der Waals surface area contributed by atoms with Crippen LogP contribution in [0.25, 0.3) is 6.08 Å². The van der Waals surface area contributed by atoms with Gasteiger partial charge >= 0.3 is 0 Å². The van der Waals surface area contributed by atoms with Gasteiger partial charge in [-0.2, -0.15) is 0 Å². The van der Waals surface area contributed by atoms with E-state index in [1.54, 1.807) is 6.08 Å². The number of likely N-dealkylation sites (tertiary alicyclic amines) is 1. The van der Waals surface area contributed by atoms with E-state index in [0.717, 1.165) is 42.9 Å². The van der Waals surface area contributed by atoms with Crippen LogP contribution in [-0.2, 0) is 4.79 Å². The Morgan fingerprint density at radius 3 is 2.96 bits per heavy atom. The van der Waals surface area contributed by atoms with E-state index in [1.165, 1.54) is 25.7 Å². The number of benzene rings is 1. The van der Waals surface area contributed by atoms with Crippen molar-refractivity contribution >= 4 is 12.0 Å². The van der Waals surface area contributed by atoms with Crippen LogP contribution in [0.5, 0.6) is 11.5 Å². The number of amides is 1. The minimum Gasteiger partial charge on any atom is -0.454 e. The lowest BCUT2D eigenvalue weighted by molar-refractivity contribution is -0.129. The average molecular weight is 355 g/mol. The Hall–Kier alpha value is -2.23. The van der Waals surface area contributed by atoms with E-state index in [9.17, 15) is 4.79 Å². The summed E-state index contributed by atoms with van der Waals surface area (Å²) in [6.07, 6.45) is 15.8. The monoisotopic (exact) mass is 355 g/mol. The molecule has 4 nitrogen and oxygen atoms in total. The minimum atomic E-state index is 0.140. The molecule has 3 rings (SSSR count). The van der Waals surface area contributed by atoms with E-state index in [0.29, 0.717) is 6.04 Å². The number of carbonyl (C=O) groups is 1. The Bertz CT molecular complexity index is 665. The number of allylic oxidation sites excluding steroid dienone is 2. The molecule has 1 atom stereocenters. The fourth-order valence-corrected chi connectivity index (χ4v) is 3.64. The van der Waals surface area contributed by atoms with Crippen molar-refractivity contribution in [2.24, 2.45) is 0 Å². The molecule has 1 unspecified atom stereocenters. The number of piperidine rings is 1. The van der Waals surface area contributed by atoms with Crippen molar-refractivity contribution in [2.45, 2.75) is 57.9 Å². The molecular formula is C22H29NO3. The first-order valence-electron chi connectivity index (χ1n) is 9.83. The van der Waals surface area contributed by atoms with Crippen LogP contribution in [0.3, 0.4) is 0 Å². The fraction of sp³-hybridized carbons (Fsp3) is 0.500. The standard InChI is InChI=1S/C22H29NO3/c1-2-3-4-10-19-11-7-8-15-23(19)22(24)12-6-5-9-18-13-14-20-21(16-18)26-17-25-20/h5-6,9,12-14,16,19H,2-4,7-8,10-11,15,17H2,1H3/b9-5+,12-6+. The van der Waals surface area contributed by atoms with Gasteiger partial charge in [0.1, 0.15) is 0 Å². The molecule has 0 saturated carbocycles. The highest BCUT2D eigenvalue weighted by molar-refractivity contribution is 5.88. The Morgan fingerprint density at radius 2 is 2.08 bits per heavy atom. The zero-order valence-corrected chi connectivity index (χ0v) is 15.7. The fourth-order valence-electron chi connectivity index (χ4n) is 3.64. The van der Waals surface area contributed by atoms with Crippen LogP contribution in [0.2, 0.25) is 0 Å². The second-order valence-electron chi connectivity index (χ2n) is 7.01. The third-order valence-corrected chi connectivity index (χ3v) is 5.09. The Labute approximate surface area is 156 Å². The number of ether oxygens (including phenoxy) is 2. The van der Waals surface area contributed by atoms with E-state index < -0.39 is 0 Å². The first-order valence-corrected chi connectivity index (χ1v) is 9.83. The van der Waals surface area contributed by atoms with Crippen molar-refractivity contribution in [1.29, 1.82) is 0 Å². The van der Waals surface area contributed by atoms with Crippen molar-refractivity contribution < 1.29 is 14.3 Å². The SMILES string of the molecule is CCCCCC1CCCCN1C(=O)/C=C/C=C/c1ccc2c(c1)OCO2. The lowest BCUT2D eigenvalue weighted by Crippen LogP contribution is -2.42. The second kappa shape index (κ2) is 9.46. The molecule has 1 aromatic rings. The third kappa shape index (κ3) is 4.90. The van der Waals surface area contributed by atoms with Crippen molar-refractivity contribution in [2.75, 3.05) is 13.3 Å². The smallest absolute Gasteiger partial charge is 0.246 e. The molecule has 0 radical (unpaired) electrons. The summed E-state index contributed by atoms with van der Waals surface area (Å²) in [6.45, 7) is 3.40. The summed E-state index contributed by atoms with van der Waals surface area (Å²) in [5, 5.41) is 0. The van der Waals surface area contributed by atoms with Gasteiger partial charge in [-0.05, 0) is 43.4 Å². The quantitative estimate of drug-likeness (QED) is 0.395. The van der Waals surface area contributed by atoms with Gasteiger partial charge in [0.05, 0.1) is 0 Å². The van der Waals surface area contributed by atoms with Gasteiger partial charge in [0.15, 0.2) is 11.5 Å². The number of rotatable bonds is 7. The number of unbranched alkanes of at least 4 members (excludes halogenated alkanes) is 2. The Balaban J connectivity index is 1.54. The number of hydrogen-bond acceptors (Lipinski definition) is 3. The highest BCUT2D eigenvalue weighted by atomic mass is 16.7. The van der Waals surface area contributed by atoms with Gasteiger partial charge in [0, 0.05) is 18.7 Å². The van der Waals surface area contributed by atoms with Crippen LogP contribution in [0, 0.1) is 0 Å². The molecule has 1 saturated heterocycles. The van der Waals surface area contributed by atoms with Crippen molar-refractivity contribution in [3.8, 4) is 11.5 Å². The molecule has 0 bridgehead atoms. The molecule has 1 fully saturated rings. The summed E-state index contributed by atoms with van der Waals surface area (Å²) in [5.41, 5.74) is 1.03. The number of nitrogens with zero attached hydrogens (tertiary/aromatic N) is 1. The largest absolute Gasteiger partial charge is 0.454 e. The van der Waals surface area contributed by atoms with Crippen LogP contribution in [0.4, 0.5) is 0 Å². The van der Waals surface area contributed by atoms with E-state index in [1.807, 2.05) is 36.4 Å². The molecule has 0 aliphatic carbocycles. The molecule has 2 heterocycles. The van der Waals surface area contributed by atoms with Crippen LogP contribution in [-0.4, -0.2) is 30.2 Å². The lowest BCUT2D eigenvalue weighted by Gasteiger charge is -2.35. The lowest BCUT2D eigenvalue weighted by atomic mass is 9.96. The summed E-state index contributed by atoms with van der Waals surface area (Å²) in [5.74, 6) is 1.70. The highest BCUT2D eigenvalue weighted by Gasteiger charge is 2.24. The summed E-state index contributed by atoms with van der Waals surface area (Å²) < 4.78 is 10.7. The molecular weight excluding hydrogens is 326 g/mol. The van der Waals surface area contributed by atoms with Crippen molar-refractivity contribution in [3.05, 3.63) is 42.0 Å². The molecule has 1 aromatic carbocycles. The van der Waals surface area contributed by atoms with Gasteiger partial charge in [-0.3, -0.25) is 4.79 Å². The molecule has 26 heavy (non-hydrogen) atoms. The first kappa shape index (κ1) is 18.6. The molecule has 0 N–H and O–H groups in total. The summed E-state index contributed by atoms with van der Waals surface area (Å²) in [4.78, 5) is 14.6. The number of carbonyl (C=O) groups excluding carboxylic acids is 1. The van der Waals surface area contributed by atoms with E-state index >= 15 is 0 Å². The molecule has 0 aromatic heterocycles. The van der Waals surface area contributed by atoms with Crippen LogP contribution in [0.15, 0.2) is 36.4 Å². The van der Waals surface area contributed by atoms with Gasteiger partial charge in [-0.1, -0.05) is 50.5 Å². The highest BCUT2D eigenvalue weighted by Crippen LogP contribution is 2.32. The van der Waals surface area contributed by atoms with Gasteiger partial charge in [0.25, 0.3) is 0 Å². The first-order chi connectivity index (χ1) is 12.8. The van der Waals surface area contributed by atoms with E-state index in [2.05, 4.69) is 11.8 Å². The average Bonchev–Trinajstić information content (AvgIpc) is 3.13. The Morgan fingerprint density at radius 1 is 1.19 bits per heavy atom. The molecule has 2 aliphatic heterocycles. The molecule has 1 amide bonds. The zero-order valence-electron chi connectivity index (χ0n) is 15.7. The van der Waals surface area contributed by atoms with Gasteiger partial charge < -0.3 is 14.4 Å². The molecule has 0 spiro atoms. The van der Waals surface area contributed by atoms with E-state index in [4.69, 9.17) is 9.47 Å². The third-order valence-electron chi connectivity index (χ3n) is 5.09. The van der Waals surface area contributed by atoms with Crippen LogP contribution >= 0.6 is 0 Å². The predicted molar refractivity (Wildman–Crippen MR) is 104 cm³/mol. The maximum Gasteiger partial charge on any atom is 0.246 e. The maximum atomic E-state index is 12.6.